The smallest absolute Gasteiger partial charge is 0.433 e. The zero-order valence-corrected chi connectivity index (χ0v) is 27.4. The number of aliphatic carboxylic acids is 1. The molecule has 0 radical (unpaired) electrons. The predicted octanol–water partition coefficient (Wildman–Crippen LogP) is 5.35. The van der Waals surface area contributed by atoms with Crippen molar-refractivity contribution in [1.82, 2.24) is 14.8 Å². The summed E-state index contributed by atoms with van der Waals surface area (Å²) in [5, 5.41) is 9.48. The highest BCUT2D eigenvalue weighted by atomic mass is 19.4. The number of ether oxygens (including phenoxy) is 2. The molecule has 1 amide bonds. The second-order valence-electron chi connectivity index (χ2n) is 13.8. The fraction of sp³-hybridized carbons (Fsp3) is 0.629. The number of benzene rings is 1. The van der Waals surface area contributed by atoms with Gasteiger partial charge >= 0.3 is 12.1 Å². The average molecular weight is 677 g/mol. The van der Waals surface area contributed by atoms with Crippen LogP contribution in [0, 0.1) is 11.8 Å². The number of alkyl halides is 4. The SMILES string of the molecule is COC[C@H]1CN(C(=O)[C@]2(F)CN(C3CCCC3)C[C@H]2c2ccc(OC)cc2)C[C@@H]1c1ccc(C(F)(F)F)nc1N1CCC(C(=O)O)CC1. The minimum Gasteiger partial charge on any atom is -0.497 e. The maximum atomic E-state index is 17.6. The molecule has 1 aromatic heterocycles. The van der Waals surface area contributed by atoms with E-state index in [4.69, 9.17) is 9.47 Å². The average Bonchev–Trinajstić information content (AvgIpc) is 3.84. The number of likely N-dealkylation sites (tertiary alicyclic amines) is 2. The summed E-state index contributed by atoms with van der Waals surface area (Å²) in [6, 6.07) is 9.77. The second kappa shape index (κ2) is 13.8. The molecule has 3 aliphatic heterocycles. The standard InChI is InChI=1S/C35H44F4N4O5/c1-47-20-24-17-42(18-28(24)27-11-12-30(35(37,38)39)40-31(27)41-15-13-23(14-16-41)32(44)45)33(46)34(36)21-43(25-5-3-4-6-25)19-29(34)22-7-9-26(48-2)10-8-22/h7-12,23-25,28-29H,3-6,13-21H2,1-2H3,(H,44,45)/t24-,28+,29+,34+/m1/s1. The van der Waals surface area contributed by atoms with Gasteiger partial charge in [0, 0.05) is 75.7 Å². The Balaban J connectivity index is 1.31. The molecule has 1 N–H and O–H groups in total. The van der Waals surface area contributed by atoms with Gasteiger partial charge in [-0.15, -0.1) is 0 Å². The monoisotopic (exact) mass is 676 g/mol. The highest BCUT2D eigenvalue weighted by Gasteiger charge is 2.57. The second-order valence-corrected chi connectivity index (χ2v) is 13.8. The van der Waals surface area contributed by atoms with Gasteiger partial charge in [-0.2, -0.15) is 13.2 Å². The number of pyridine rings is 1. The molecule has 1 aromatic carbocycles. The molecule has 6 rings (SSSR count). The van der Waals surface area contributed by atoms with Gasteiger partial charge in [-0.05, 0) is 49.4 Å². The fourth-order valence-electron chi connectivity index (χ4n) is 8.35. The van der Waals surface area contributed by atoms with E-state index in [0.29, 0.717) is 17.9 Å². The summed E-state index contributed by atoms with van der Waals surface area (Å²) in [4.78, 5) is 35.5. The fourth-order valence-corrected chi connectivity index (χ4v) is 8.35. The van der Waals surface area contributed by atoms with E-state index in [-0.39, 0.29) is 69.9 Å². The summed E-state index contributed by atoms with van der Waals surface area (Å²) in [6.45, 7) is 1.36. The van der Waals surface area contributed by atoms with Crippen molar-refractivity contribution < 1.29 is 41.7 Å². The number of methoxy groups -OCH3 is 2. The van der Waals surface area contributed by atoms with Crippen LogP contribution in [-0.2, 0) is 20.5 Å². The highest BCUT2D eigenvalue weighted by Crippen LogP contribution is 2.46. The molecule has 4 aliphatic rings. The molecule has 9 nitrogen and oxygen atoms in total. The summed E-state index contributed by atoms with van der Waals surface area (Å²) in [6.07, 6.45) is -0.0439. The Kier molecular flexibility index (Phi) is 9.90. The lowest BCUT2D eigenvalue weighted by Crippen LogP contribution is -2.50. The molecular formula is C35H44F4N4O5. The molecule has 4 fully saturated rings. The molecule has 262 valence electrons. The van der Waals surface area contributed by atoms with Gasteiger partial charge in [0.05, 0.1) is 19.6 Å². The van der Waals surface area contributed by atoms with Crippen molar-refractivity contribution in [2.24, 2.45) is 11.8 Å². The van der Waals surface area contributed by atoms with E-state index in [1.54, 1.807) is 24.1 Å². The number of hydrogen-bond acceptors (Lipinski definition) is 7. The van der Waals surface area contributed by atoms with Crippen LogP contribution in [0.25, 0.3) is 0 Å². The van der Waals surface area contributed by atoms with Crippen LogP contribution in [0.15, 0.2) is 36.4 Å². The molecule has 0 spiro atoms. The van der Waals surface area contributed by atoms with Crippen LogP contribution in [-0.4, -0.2) is 104 Å². The van der Waals surface area contributed by atoms with Gasteiger partial charge in [-0.25, -0.2) is 9.37 Å². The van der Waals surface area contributed by atoms with Crippen LogP contribution >= 0.6 is 0 Å². The van der Waals surface area contributed by atoms with E-state index in [2.05, 4.69) is 9.88 Å². The number of hydrogen-bond donors (Lipinski definition) is 1. The number of carbonyl (C=O) groups is 2. The lowest BCUT2D eigenvalue weighted by molar-refractivity contribution is -0.143. The number of rotatable bonds is 9. The summed E-state index contributed by atoms with van der Waals surface area (Å²) >= 11 is 0. The third-order valence-corrected chi connectivity index (χ3v) is 11.0. The van der Waals surface area contributed by atoms with Gasteiger partial charge in [0.25, 0.3) is 5.91 Å². The van der Waals surface area contributed by atoms with Crippen molar-refractivity contribution >= 4 is 17.7 Å². The topological polar surface area (TPSA) is 95.4 Å². The van der Waals surface area contributed by atoms with E-state index in [0.717, 1.165) is 37.3 Å². The Hall–Kier alpha value is -3.45. The normalized spacial score (nSPS) is 27.6. The van der Waals surface area contributed by atoms with Gasteiger partial charge in [-0.1, -0.05) is 31.0 Å². The molecule has 0 bridgehead atoms. The molecule has 4 atom stereocenters. The van der Waals surface area contributed by atoms with E-state index >= 15 is 4.39 Å². The van der Waals surface area contributed by atoms with Crippen LogP contribution in [0.2, 0.25) is 0 Å². The maximum absolute atomic E-state index is 17.6. The molecule has 0 unspecified atom stereocenters. The van der Waals surface area contributed by atoms with Gasteiger partial charge < -0.3 is 24.4 Å². The minimum absolute atomic E-state index is 0.0189. The van der Waals surface area contributed by atoms with Gasteiger partial charge in [0.2, 0.25) is 5.67 Å². The third-order valence-electron chi connectivity index (χ3n) is 11.0. The van der Waals surface area contributed by atoms with Crippen LogP contribution in [0.5, 0.6) is 5.75 Å². The number of anilines is 1. The molecule has 1 aliphatic carbocycles. The van der Waals surface area contributed by atoms with Crippen molar-refractivity contribution in [2.75, 3.05) is 65.0 Å². The highest BCUT2D eigenvalue weighted by molar-refractivity contribution is 5.88. The van der Waals surface area contributed by atoms with Crippen molar-refractivity contribution in [1.29, 1.82) is 0 Å². The number of aromatic nitrogens is 1. The van der Waals surface area contributed by atoms with Crippen LogP contribution in [0.3, 0.4) is 0 Å². The molecule has 48 heavy (non-hydrogen) atoms. The summed E-state index contributed by atoms with van der Waals surface area (Å²) in [7, 11) is 3.09. The quantitative estimate of drug-likeness (QED) is 0.356. The summed E-state index contributed by atoms with van der Waals surface area (Å²) < 4.78 is 70.1. The van der Waals surface area contributed by atoms with Crippen LogP contribution in [0.1, 0.15) is 67.2 Å². The number of carboxylic acids is 1. The molecular weight excluding hydrogens is 632 g/mol. The van der Waals surface area contributed by atoms with E-state index in [1.807, 2.05) is 12.1 Å². The van der Waals surface area contributed by atoms with Crippen LogP contribution in [0.4, 0.5) is 23.4 Å². The van der Waals surface area contributed by atoms with E-state index in [9.17, 15) is 27.9 Å². The first-order chi connectivity index (χ1) is 22.9. The first-order valence-corrected chi connectivity index (χ1v) is 16.8. The number of piperidine rings is 1. The van der Waals surface area contributed by atoms with Crippen molar-refractivity contribution in [3.8, 4) is 5.75 Å². The minimum atomic E-state index is -4.68. The predicted molar refractivity (Wildman–Crippen MR) is 170 cm³/mol. The molecule has 1 saturated carbocycles. The summed E-state index contributed by atoms with van der Waals surface area (Å²) in [5.41, 5.74) is -2.01. The van der Waals surface area contributed by atoms with Gasteiger partial charge in [0.15, 0.2) is 0 Å². The summed E-state index contributed by atoms with van der Waals surface area (Å²) in [5.74, 6) is -2.83. The first kappa shape index (κ1) is 34.4. The number of nitrogens with zero attached hydrogens (tertiary/aromatic N) is 4. The zero-order valence-electron chi connectivity index (χ0n) is 27.4. The Bertz CT molecular complexity index is 1460. The number of carbonyl (C=O) groups excluding carboxylic acids is 1. The van der Waals surface area contributed by atoms with Crippen molar-refractivity contribution in [3.05, 3.63) is 53.2 Å². The van der Waals surface area contributed by atoms with Gasteiger partial charge in [-0.3, -0.25) is 14.5 Å². The number of carboxylic acid groups (broad SMARTS) is 1. The van der Waals surface area contributed by atoms with Crippen LogP contribution < -0.4 is 9.64 Å². The van der Waals surface area contributed by atoms with E-state index < -0.39 is 47.2 Å². The molecule has 4 heterocycles. The number of amides is 1. The maximum Gasteiger partial charge on any atom is 0.433 e. The zero-order chi connectivity index (χ0) is 34.2. The Labute approximate surface area is 278 Å². The van der Waals surface area contributed by atoms with Crippen molar-refractivity contribution in [3.63, 3.8) is 0 Å². The lowest BCUT2D eigenvalue weighted by atomic mass is 9.85. The van der Waals surface area contributed by atoms with Crippen molar-refractivity contribution in [2.45, 2.75) is 68.2 Å². The lowest BCUT2D eigenvalue weighted by Gasteiger charge is -2.34. The van der Waals surface area contributed by atoms with Gasteiger partial charge in [0.1, 0.15) is 17.3 Å². The Morgan fingerprint density at radius 1 is 0.979 bits per heavy atom. The molecule has 3 saturated heterocycles. The van der Waals surface area contributed by atoms with E-state index in [1.165, 1.54) is 18.1 Å². The number of halogens is 4. The Morgan fingerprint density at radius 2 is 1.67 bits per heavy atom. The third kappa shape index (κ3) is 6.72. The largest absolute Gasteiger partial charge is 0.497 e. The first-order valence-electron chi connectivity index (χ1n) is 16.8. The Morgan fingerprint density at radius 3 is 2.27 bits per heavy atom. The molecule has 2 aromatic rings. The molecule has 13 heteroatoms.